The summed E-state index contributed by atoms with van der Waals surface area (Å²) in [5.74, 6) is 0.224. The molecule has 250 valence electrons. The fourth-order valence-electron chi connectivity index (χ4n) is 4.87. The summed E-state index contributed by atoms with van der Waals surface area (Å²) in [6.45, 7) is 15.9. The zero-order valence-corrected chi connectivity index (χ0v) is 32.9. The highest BCUT2D eigenvalue weighted by atomic mass is 127. The smallest absolute Gasteiger partial charge is 0.410 e. The van der Waals surface area contributed by atoms with E-state index in [0.29, 0.717) is 38.8 Å². The van der Waals surface area contributed by atoms with Gasteiger partial charge >= 0.3 is 12.2 Å². The van der Waals surface area contributed by atoms with E-state index in [9.17, 15) is 19.5 Å². The molecule has 2 saturated heterocycles. The number of halogens is 3. The maximum atomic E-state index is 12.2. The first-order valence-corrected chi connectivity index (χ1v) is 17.8. The summed E-state index contributed by atoms with van der Waals surface area (Å²) in [6, 6.07) is 15.8. The minimum absolute atomic E-state index is 0.0406. The monoisotopic (exact) mass is 864 g/mol. The van der Waals surface area contributed by atoms with E-state index in [1.807, 2.05) is 91.8 Å². The molecule has 0 radical (unpaired) electrons. The van der Waals surface area contributed by atoms with Gasteiger partial charge < -0.3 is 24.4 Å². The molecule has 0 spiro atoms. The second kappa shape index (κ2) is 16.9. The van der Waals surface area contributed by atoms with Gasteiger partial charge in [0, 0.05) is 57.0 Å². The van der Waals surface area contributed by atoms with Gasteiger partial charge in [-0.05, 0) is 126 Å². The van der Waals surface area contributed by atoms with Crippen molar-refractivity contribution >= 4 is 72.4 Å². The number of ketones is 1. The zero-order chi connectivity index (χ0) is 34.2. The summed E-state index contributed by atoms with van der Waals surface area (Å²) in [6.07, 6.45) is 1.29. The summed E-state index contributed by atoms with van der Waals surface area (Å²) < 4.78 is 14.1. The third-order valence-electron chi connectivity index (χ3n) is 7.06. The van der Waals surface area contributed by atoms with Crippen LogP contribution in [0.1, 0.15) is 86.6 Å². The quantitative estimate of drug-likeness (QED) is 0.288. The maximum absolute atomic E-state index is 12.2. The van der Waals surface area contributed by atoms with Crippen LogP contribution in [0, 0.1) is 3.57 Å². The van der Waals surface area contributed by atoms with Crippen molar-refractivity contribution in [2.75, 3.05) is 13.1 Å². The van der Waals surface area contributed by atoms with Gasteiger partial charge in [0.15, 0.2) is 0 Å². The molecule has 2 amide bonds. The molecule has 2 fully saturated rings. The minimum atomic E-state index is -0.890. The predicted octanol–water partition coefficient (Wildman–Crippen LogP) is 9.08. The van der Waals surface area contributed by atoms with Crippen molar-refractivity contribution in [3.63, 3.8) is 0 Å². The summed E-state index contributed by atoms with van der Waals surface area (Å²) in [5.41, 5.74) is -0.973. The number of ether oxygens (including phenoxy) is 2. The average Bonchev–Trinajstić information content (AvgIpc) is 2.89. The van der Waals surface area contributed by atoms with E-state index < -0.39 is 16.8 Å². The summed E-state index contributed by atoms with van der Waals surface area (Å²) >= 11 is 9.02. The number of benzene rings is 2. The fourth-order valence-corrected chi connectivity index (χ4v) is 5.76. The molecular weight excluding hydrogens is 819 g/mol. The van der Waals surface area contributed by atoms with E-state index in [4.69, 9.17) is 9.47 Å². The van der Waals surface area contributed by atoms with Crippen molar-refractivity contribution in [3.8, 4) is 0 Å². The summed E-state index contributed by atoms with van der Waals surface area (Å²) in [7, 11) is 0. The number of carbonyl (C=O) groups excluding carboxylic acids is 3. The van der Waals surface area contributed by atoms with Crippen molar-refractivity contribution in [2.24, 2.45) is 0 Å². The van der Waals surface area contributed by atoms with Crippen LogP contribution in [0.2, 0.25) is 0 Å². The number of aliphatic hydroxyl groups is 1. The van der Waals surface area contributed by atoms with Crippen LogP contribution >= 0.6 is 54.5 Å². The highest BCUT2D eigenvalue weighted by molar-refractivity contribution is 14.1. The molecule has 2 aromatic carbocycles. The molecule has 2 heterocycles. The van der Waals surface area contributed by atoms with Crippen molar-refractivity contribution < 1.29 is 29.0 Å². The Morgan fingerprint density at radius 1 is 0.822 bits per heavy atom. The van der Waals surface area contributed by atoms with Crippen LogP contribution in [0.4, 0.5) is 9.59 Å². The highest BCUT2D eigenvalue weighted by Crippen LogP contribution is 2.36. The lowest BCUT2D eigenvalue weighted by molar-refractivity contribution is -0.122. The van der Waals surface area contributed by atoms with Gasteiger partial charge in [-0.3, -0.25) is 4.79 Å². The summed E-state index contributed by atoms with van der Waals surface area (Å²) in [4.78, 5) is 38.4. The molecule has 1 N–H and O–H groups in total. The van der Waals surface area contributed by atoms with Gasteiger partial charge in [-0.1, -0.05) is 44.0 Å². The van der Waals surface area contributed by atoms with Gasteiger partial charge in [-0.25, -0.2) is 9.59 Å². The lowest BCUT2D eigenvalue weighted by Gasteiger charge is -2.43. The second-order valence-electron chi connectivity index (χ2n) is 13.5. The predicted molar refractivity (Wildman–Crippen MR) is 193 cm³/mol. The zero-order valence-electron chi connectivity index (χ0n) is 27.5. The molecular formula is C34H47Br2IN2O6. The normalized spacial score (nSPS) is 21.9. The lowest BCUT2D eigenvalue weighted by Crippen LogP contribution is -2.51. The van der Waals surface area contributed by atoms with E-state index >= 15 is 0 Å². The Hall–Kier alpha value is -1.70. The molecule has 4 rings (SSSR count). The Kier molecular flexibility index (Phi) is 14.8. The standard InChI is InChI=1S/C17H24BrNO3.C11H19NO3.C6H4BrI/c1-12-11-17(21,13-5-7-14(18)8-6-13)9-10-19(12)15(20)22-16(2,3)4;1-8-7-9(13)5-6-12(8)10(14)15-11(2,3)4;7-5-1-3-6(8)4-2-5/h5-8,12,21H,9-11H2,1-4H3;8H,5-7H2,1-4H3;1-4H. The SMILES string of the molecule is Brc1ccc(I)cc1.CC1CC(=O)CCN1C(=O)OC(C)(C)C.CC1CC(O)(c2ccc(Br)cc2)CCN1C(=O)OC(C)(C)C. The van der Waals surface area contributed by atoms with Crippen LogP contribution in [-0.2, 0) is 19.9 Å². The number of rotatable bonds is 1. The van der Waals surface area contributed by atoms with Crippen LogP contribution in [0.5, 0.6) is 0 Å². The Labute approximate surface area is 299 Å². The number of amides is 2. The second-order valence-corrected chi connectivity index (χ2v) is 16.5. The summed E-state index contributed by atoms with van der Waals surface area (Å²) in [5, 5.41) is 10.9. The maximum Gasteiger partial charge on any atom is 0.410 e. The Balaban J connectivity index is 0.000000263. The van der Waals surface area contributed by atoms with Crippen molar-refractivity contribution in [3.05, 3.63) is 66.6 Å². The molecule has 0 aromatic heterocycles. The first kappa shape index (κ1) is 39.5. The van der Waals surface area contributed by atoms with Crippen molar-refractivity contribution in [2.45, 2.75) is 110 Å². The third-order valence-corrected chi connectivity index (χ3v) is 8.84. The van der Waals surface area contributed by atoms with E-state index in [-0.39, 0.29) is 30.1 Å². The fraction of sp³-hybridized carbons (Fsp3) is 0.559. The van der Waals surface area contributed by atoms with Crippen LogP contribution in [-0.4, -0.2) is 69.3 Å². The number of carbonyl (C=O) groups is 3. The Morgan fingerprint density at radius 2 is 1.27 bits per heavy atom. The number of hydrogen-bond donors (Lipinski definition) is 1. The third kappa shape index (κ3) is 13.9. The van der Waals surface area contributed by atoms with Crippen LogP contribution in [0.3, 0.4) is 0 Å². The number of likely N-dealkylation sites (tertiary alicyclic amines) is 2. The number of hydrogen-bond acceptors (Lipinski definition) is 6. The lowest BCUT2D eigenvalue weighted by atomic mass is 9.81. The molecule has 2 aromatic rings. The first-order valence-electron chi connectivity index (χ1n) is 15.1. The van der Waals surface area contributed by atoms with Gasteiger partial charge in [0.1, 0.15) is 17.0 Å². The average molecular weight is 866 g/mol. The Bertz CT molecular complexity index is 1260. The minimum Gasteiger partial charge on any atom is -0.444 e. The molecule has 11 heteroatoms. The van der Waals surface area contributed by atoms with Gasteiger partial charge in [-0.15, -0.1) is 0 Å². The molecule has 2 aliphatic rings. The molecule has 3 atom stereocenters. The molecule has 0 aliphatic carbocycles. The van der Waals surface area contributed by atoms with E-state index in [0.717, 1.165) is 14.5 Å². The molecule has 45 heavy (non-hydrogen) atoms. The highest BCUT2D eigenvalue weighted by Gasteiger charge is 2.40. The van der Waals surface area contributed by atoms with E-state index in [1.54, 1.807) is 9.80 Å². The van der Waals surface area contributed by atoms with Crippen LogP contribution in [0.25, 0.3) is 0 Å². The number of Topliss-reactive ketones (excluding diaryl/α,β-unsaturated/α-hetero) is 1. The molecule has 8 nitrogen and oxygen atoms in total. The molecule has 0 saturated carbocycles. The van der Waals surface area contributed by atoms with Crippen LogP contribution < -0.4 is 0 Å². The van der Waals surface area contributed by atoms with Crippen molar-refractivity contribution in [1.29, 1.82) is 0 Å². The Morgan fingerprint density at radius 3 is 1.67 bits per heavy atom. The molecule has 2 aliphatic heterocycles. The van der Waals surface area contributed by atoms with Gasteiger partial charge in [0.25, 0.3) is 0 Å². The van der Waals surface area contributed by atoms with E-state index in [2.05, 4.69) is 66.6 Å². The van der Waals surface area contributed by atoms with Gasteiger partial charge in [0.05, 0.1) is 5.60 Å². The van der Waals surface area contributed by atoms with Gasteiger partial charge in [0.2, 0.25) is 0 Å². The topological polar surface area (TPSA) is 96.4 Å². The van der Waals surface area contributed by atoms with E-state index in [1.165, 1.54) is 3.57 Å². The van der Waals surface area contributed by atoms with Gasteiger partial charge in [-0.2, -0.15) is 0 Å². The molecule has 0 bridgehead atoms. The number of piperidine rings is 2. The number of nitrogens with zero attached hydrogens (tertiary/aromatic N) is 2. The largest absolute Gasteiger partial charge is 0.444 e. The first-order chi connectivity index (χ1) is 20.7. The van der Waals surface area contributed by atoms with Crippen molar-refractivity contribution in [1.82, 2.24) is 9.80 Å². The molecule has 3 unspecified atom stereocenters. The van der Waals surface area contributed by atoms with Crippen LogP contribution in [0.15, 0.2) is 57.5 Å².